The van der Waals surface area contributed by atoms with Gasteiger partial charge in [-0.25, -0.2) is 0 Å². The van der Waals surface area contributed by atoms with Crippen molar-refractivity contribution in [3.63, 3.8) is 0 Å². The highest BCUT2D eigenvalue weighted by Gasteiger charge is 2.24. The summed E-state index contributed by atoms with van der Waals surface area (Å²) in [7, 11) is 0. The van der Waals surface area contributed by atoms with Gasteiger partial charge in [0.15, 0.2) is 0 Å². The van der Waals surface area contributed by atoms with Crippen molar-refractivity contribution in [1.29, 1.82) is 0 Å². The predicted octanol–water partition coefficient (Wildman–Crippen LogP) is 1.43. The predicted molar refractivity (Wildman–Crippen MR) is 91.5 cm³/mol. The Morgan fingerprint density at radius 1 is 0.913 bits per heavy atom. The van der Waals surface area contributed by atoms with Crippen LogP contribution in [0.15, 0.2) is 0 Å². The maximum Gasteiger partial charge on any atom is 0.222 e. The fourth-order valence-corrected chi connectivity index (χ4v) is 4.17. The lowest BCUT2D eigenvalue weighted by Gasteiger charge is -2.36. The zero-order valence-corrected chi connectivity index (χ0v) is 14.5. The molecular formula is C18H33N3O2. The van der Waals surface area contributed by atoms with E-state index in [4.69, 9.17) is 4.74 Å². The summed E-state index contributed by atoms with van der Waals surface area (Å²) in [4.78, 5) is 19.4. The van der Waals surface area contributed by atoms with Crippen LogP contribution in [0.3, 0.4) is 0 Å². The first-order valence-electron chi connectivity index (χ1n) is 9.61. The molecule has 132 valence electrons. The van der Waals surface area contributed by atoms with Crippen molar-refractivity contribution in [3.05, 3.63) is 0 Å². The lowest BCUT2D eigenvalue weighted by atomic mass is 10.1. The van der Waals surface area contributed by atoms with Crippen LogP contribution in [0.5, 0.6) is 0 Å². The normalized spacial score (nSPS) is 25.1. The Morgan fingerprint density at radius 3 is 2.30 bits per heavy atom. The third-order valence-electron chi connectivity index (χ3n) is 5.68. The van der Waals surface area contributed by atoms with Crippen molar-refractivity contribution in [3.8, 4) is 0 Å². The van der Waals surface area contributed by atoms with Crippen LogP contribution in [0, 0.1) is 5.92 Å². The van der Waals surface area contributed by atoms with E-state index in [0.29, 0.717) is 12.3 Å². The molecule has 2 heterocycles. The molecule has 5 nitrogen and oxygen atoms in total. The molecule has 0 aromatic carbocycles. The molecule has 3 fully saturated rings. The average Bonchev–Trinajstić information content (AvgIpc) is 3.09. The van der Waals surface area contributed by atoms with Gasteiger partial charge in [-0.2, -0.15) is 0 Å². The van der Waals surface area contributed by atoms with Crippen LogP contribution < -0.4 is 0 Å². The number of morpholine rings is 1. The molecule has 0 radical (unpaired) electrons. The van der Waals surface area contributed by atoms with Crippen molar-refractivity contribution in [2.24, 2.45) is 5.92 Å². The largest absolute Gasteiger partial charge is 0.379 e. The molecule has 2 aliphatic heterocycles. The van der Waals surface area contributed by atoms with Crippen molar-refractivity contribution in [1.82, 2.24) is 14.7 Å². The summed E-state index contributed by atoms with van der Waals surface area (Å²) >= 11 is 0. The van der Waals surface area contributed by atoms with E-state index in [1.807, 2.05) is 0 Å². The number of hydrogen-bond acceptors (Lipinski definition) is 4. The number of ether oxygens (including phenoxy) is 1. The summed E-state index contributed by atoms with van der Waals surface area (Å²) in [5, 5.41) is 0. The van der Waals surface area contributed by atoms with Crippen molar-refractivity contribution in [2.75, 3.05) is 65.6 Å². The van der Waals surface area contributed by atoms with E-state index in [1.165, 1.54) is 32.2 Å². The highest BCUT2D eigenvalue weighted by atomic mass is 16.5. The second-order valence-electron chi connectivity index (χ2n) is 7.39. The Labute approximate surface area is 140 Å². The van der Waals surface area contributed by atoms with E-state index in [-0.39, 0.29) is 0 Å². The zero-order chi connectivity index (χ0) is 15.9. The number of rotatable bonds is 6. The molecule has 5 heteroatoms. The first-order valence-corrected chi connectivity index (χ1v) is 9.61. The molecule has 1 aliphatic carbocycles. The highest BCUT2D eigenvalue weighted by molar-refractivity contribution is 5.76. The van der Waals surface area contributed by atoms with Crippen LogP contribution in [-0.4, -0.2) is 86.2 Å². The quantitative estimate of drug-likeness (QED) is 0.741. The lowest BCUT2D eigenvalue weighted by molar-refractivity contribution is -0.133. The Morgan fingerprint density at radius 2 is 1.61 bits per heavy atom. The molecule has 0 aromatic rings. The third-order valence-corrected chi connectivity index (χ3v) is 5.68. The van der Waals surface area contributed by atoms with Crippen LogP contribution in [-0.2, 0) is 9.53 Å². The maximum atomic E-state index is 12.4. The summed E-state index contributed by atoms with van der Waals surface area (Å²) in [6, 6.07) is 0. The topological polar surface area (TPSA) is 36.0 Å². The van der Waals surface area contributed by atoms with Crippen molar-refractivity contribution >= 4 is 5.91 Å². The second kappa shape index (κ2) is 9.00. The summed E-state index contributed by atoms with van der Waals surface area (Å²) < 4.78 is 5.36. The lowest BCUT2D eigenvalue weighted by Crippen LogP contribution is -2.49. The molecule has 1 amide bonds. The van der Waals surface area contributed by atoms with Gasteiger partial charge in [0.2, 0.25) is 5.91 Å². The molecule has 0 spiro atoms. The summed E-state index contributed by atoms with van der Waals surface area (Å²) in [6.07, 6.45) is 7.38. The standard InChI is InChI=1S/C18H33N3O2/c22-18(6-3-7-19-12-14-23-15-13-19)21-10-8-20(9-11-21)16-17-4-1-2-5-17/h17H,1-16H2. The third kappa shape index (κ3) is 5.44. The molecule has 0 aromatic heterocycles. The second-order valence-corrected chi connectivity index (χ2v) is 7.39. The molecule has 3 aliphatic rings. The molecule has 1 saturated carbocycles. The average molecular weight is 323 g/mol. The van der Waals surface area contributed by atoms with Gasteiger partial charge in [0.05, 0.1) is 13.2 Å². The Hall–Kier alpha value is -0.650. The van der Waals surface area contributed by atoms with Gasteiger partial charge < -0.3 is 9.64 Å². The molecular weight excluding hydrogens is 290 g/mol. The minimum Gasteiger partial charge on any atom is -0.379 e. The van der Waals surface area contributed by atoms with Crippen LogP contribution in [0.4, 0.5) is 0 Å². The monoisotopic (exact) mass is 323 g/mol. The molecule has 0 bridgehead atoms. The van der Waals surface area contributed by atoms with E-state index in [1.54, 1.807) is 0 Å². The van der Waals surface area contributed by atoms with Gasteiger partial charge in [0.25, 0.3) is 0 Å². The Balaban J connectivity index is 1.28. The Bertz CT molecular complexity index is 357. The number of nitrogens with zero attached hydrogens (tertiary/aromatic N) is 3. The molecule has 0 unspecified atom stereocenters. The van der Waals surface area contributed by atoms with E-state index in [0.717, 1.165) is 71.4 Å². The van der Waals surface area contributed by atoms with Crippen LogP contribution in [0.1, 0.15) is 38.5 Å². The van der Waals surface area contributed by atoms with E-state index in [9.17, 15) is 4.79 Å². The van der Waals surface area contributed by atoms with Crippen LogP contribution in [0.2, 0.25) is 0 Å². The van der Waals surface area contributed by atoms with Gasteiger partial charge in [0, 0.05) is 52.2 Å². The number of piperazine rings is 1. The first-order chi connectivity index (χ1) is 11.3. The number of amides is 1. The van der Waals surface area contributed by atoms with E-state index >= 15 is 0 Å². The summed E-state index contributed by atoms with van der Waals surface area (Å²) in [6.45, 7) is 10.1. The molecule has 0 atom stereocenters. The van der Waals surface area contributed by atoms with Gasteiger partial charge in [0.1, 0.15) is 0 Å². The Kier molecular flexibility index (Phi) is 6.72. The molecule has 0 N–H and O–H groups in total. The smallest absolute Gasteiger partial charge is 0.222 e. The molecule has 2 saturated heterocycles. The molecule has 23 heavy (non-hydrogen) atoms. The number of hydrogen-bond donors (Lipinski definition) is 0. The number of carbonyl (C=O) groups is 1. The first kappa shape index (κ1) is 17.2. The maximum absolute atomic E-state index is 12.4. The minimum atomic E-state index is 0.360. The minimum absolute atomic E-state index is 0.360. The fraction of sp³-hybridized carbons (Fsp3) is 0.944. The summed E-state index contributed by atoms with van der Waals surface area (Å²) in [5.74, 6) is 1.28. The van der Waals surface area contributed by atoms with Crippen LogP contribution >= 0.6 is 0 Å². The van der Waals surface area contributed by atoms with E-state index in [2.05, 4.69) is 14.7 Å². The van der Waals surface area contributed by atoms with Gasteiger partial charge in [-0.3, -0.25) is 14.6 Å². The van der Waals surface area contributed by atoms with Gasteiger partial charge >= 0.3 is 0 Å². The molecule has 3 rings (SSSR count). The zero-order valence-electron chi connectivity index (χ0n) is 14.5. The summed E-state index contributed by atoms with van der Waals surface area (Å²) in [5.41, 5.74) is 0. The van der Waals surface area contributed by atoms with Gasteiger partial charge in [-0.05, 0) is 31.7 Å². The van der Waals surface area contributed by atoms with Crippen molar-refractivity contribution in [2.45, 2.75) is 38.5 Å². The SMILES string of the molecule is O=C(CCCN1CCOCC1)N1CCN(CC2CCCC2)CC1. The number of carbonyl (C=O) groups excluding carboxylic acids is 1. The fourth-order valence-electron chi connectivity index (χ4n) is 4.17. The van der Waals surface area contributed by atoms with Gasteiger partial charge in [-0.15, -0.1) is 0 Å². The van der Waals surface area contributed by atoms with E-state index < -0.39 is 0 Å². The van der Waals surface area contributed by atoms with Crippen LogP contribution in [0.25, 0.3) is 0 Å². The van der Waals surface area contributed by atoms with Crippen molar-refractivity contribution < 1.29 is 9.53 Å². The van der Waals surface area contributed by atoms with Gasteiger partial charge in [-0.1, -0.05) is 12.8 Å². The highest BCUT2D eigenvalue weighted by Crippen LogP contribution is 2.25.